The lowest BCUT2D eigenvalue weighted by atomic mass is 10.0. The van der Waals surface area contributed by atoms with Crippen molar-refractivity contribution in [1.29, 1.82) is 0 Å². The van der Waals surface area contributed by atoms with Gasteiger partial charge in [0.05, 0.1) is 18.7 Å². The molecule has 1 amide bonds. The van der Waals surface area contributed by atoms with Crippen LogP contribution in [-0.4, -0.2) is 25.6 Å². The fourth-order valence-electron chi connectivity index (χ4n) is 2.79. The van der Waals surface area contributed by atoms with Gasteiger partial charge in [0.15, 0.2) is 6.61 Å². The molecule has 0 saturated heterocycles. The standard InChI is InChI=1S/C20H19F2NO4/c1-26-15-7-4-13(5-8-15)19(12-2-3-12)23-18(24)11-27-20(25)16-9-6-14(21)10-17(16)22/h4-10,12,19H,2-3,11H2,1H3,(H,23,24). The molecule has 0 radical (unpaired) electrons. The molecule has 142 valence electrons. The molecule has 0 aliphatic heterocycles. The van der Waals surface area contributed by atoms with Crippen LogP contribution in [0.3, 0.4) is 0 Å². The summed E-state index contributed by atoms with van der Waals surface area (Å²) in [7, 11) is 1.58. The Morgan fingerprint density at radius 2 is 1.85 bits per heavy atom. The minimum absolute atomic E-state index is 0.190. The second-order valence-electron chi connectivity index (χ2n) is 6.36. The van der Waals surface area contributed by atoms with E-state index >= 15 is 0 Å². The first-order valence-corrected chi connectivity index (χ1v) is 8.53. The SMILES string of the molecule is COc1ccc(C(NC(=O)COC(=O)c2ccc(F)cc2F)C2CC2)cc1. The minimum atomic E-state index is -1.03. The lowest BCUT2D eigenvalue weighted by Gasteiger charge is -2.19. The molecule has 0 bridgehead atoms. The van der Waals surface area contributed by atoms with Crippen molar-refractivity contribution in [2.24, 2.45) is 5.92 Å². The smallest absolute Gasteiger partial charge is 0.341 e. The van der Waals surface area contributed by atoms with Crippen molar-refractivity contribution in [3.63, 3.8) is 0 Å². The molecule has 0 spiro atoms. The van der Waals surface area contributed by atoms with Gasteiger partial charge in [-0.15, -0.1) is 0 Å². The van der Waals surface area contributed by atoms with Gasteiger partial charge in [-0.1, -0.05) is 12.1 Å². The highest BCUT2D eigenvalue weighted by molar-refractivity contribution is 5.91. The highest BCUT2D eigenvalue weighted by Crippen LogP contribution is 2.41. The van der Waals surface area contributed by atoms with Crippen LogP contribution in [0.25, 0.3) is 0 Å². The van der Waals surface area contributed by atoms with Crippen molar-refractivity contribution in [1.82, 2.24) is 5.32 Å². The molecule has 1 aliphatic rings. The van der Waals surface area contributed by atoms with E-state index in [1.165, 1.54) is 0 Å². The van der Waals surface area contributed by atoms with Crippen LogP contribution in [0.5, 0.6) is 5.75 Å². The summed E-state index contributed by atoms with van der Waals surface area (Å²) >= 11 is 0. The summed E-state index contributed by atoms with van der Waals surface area (Å²) in [4.78, 5) is 24.1. The lowest BCUT2D eigenvalue weighted by molar-refractivity contribution is -0.125. The second kappa shape index (κ2) is 8.16. The van der Waals surface area contributed by atoms with E-state index in [4.69, 9.17) is 9.47 Å². The van der Waals surface area contributed by atoms with Crippen molar-refractivity contribution in [2.75, 3.05) is 13.7 Å². The van der Waals surface area contributed by atoms with Crippen molar-refractivity contribution in [2.45, 2.75) is 18.9 Å². The average molecular weight is 375 g/mol. The number of benzene rings is 2. The van der Waals surface area contributed by atoms with E-state index in [0.29, 0.717) is 12.0 Å². The third kappa shape index (κ3) is 4.81. The first kappa shape index (κ1) is 18.8. The van der Waals surface area contributed by atoms with Crippen LogP contribution >= 0.6 is 0 Å². The molecule has 27 heavy (non-hydrogen) atoms. The van der Waals surface area contributed by atoms with Gasteiger partial charge in [-0.2, -0.15) is 0 Å². The van der Waals surface area contributed by atoms with Gasteiger partial charge in [0, 0.05) is 6.07 Å². The van der Waals surface area contributed by atoms with Crippen LogP contribution in [0.15, 0.2) is 42.5 Å². The molecule has 5 nitrogen and oxygen atoms in total. The number of hydrogen-bond acceptors (Lipinski definition) is 4. The van der Waals surface area contributed by atoms with Gasteiger partial charge in [0.1, 0.15) is 17.4 Å². The topological polar surface area (TPSA) is 64.6 Å². The van der Waals surface area contributed by atoms with Gasteiger partial charge in [-0.25, -0.2) is 13.6 Å². The molecule has 2 aromatic rings. The third-order valence-corrected chi connectivity index (χ3v) is 4.37. The van der Waals surface area contributed by atoms with Crippen molar-refractivity contribution in [3.05, 3.63) is 65.2 Å². The number of ether oxygens (including phenoxy) is 2. The van der Waals surface area contributed by atoms with Crippen LogP contribution in [0.4, 0.5) is 8.78 Å². The van der Waals surface area contributed by atoms with Crippen LogP contribution in [0.2, 0.25) is 0 Å². The Morgan fingerprint density at radius 3 is 2.44 bits per heavy atom. The Balaban J connectivity index is 1.58. The normalized spacial score (nSPS) is 14.3. The van der Waals surface area contributed by atoms with Crippen molar-refractivity contribution < 1.29 is 27.8 Å². The number of hydrogen-bond donors (Lipinski definition) is 1. The summed E-state index contributed by atoms with van der Waals surface area (Å²) in [5.74, 6) is -2.29. The molecule has 1 fully saturated rings. The van der Waals surface area contributed by atoms with Crippen molar-refractivity contribution in [3.8, 4) is 5.75 Å². The number of methoxy groups -OCH3 is 1. The summed E-state index contributed by atoms with van der Waals surface area (Å²) in [5.41, 5.74) is 0.514. The number of esters is 1. The Bertz CT molecular complexity index is 834. The van der Waals surface area contributed by atoms with Crippen molar-refractivity contribution >= 4 is 11.9 Å². The summed E-state index contributed by atoms with van der Waals surface area (Å²) in [6.07, 6.45) is 2.00. The Morgan fingerprint density at radius 1 is 1.15 bits per heavy atom. The van der Waals surface area contributed by atoms with Gasteiger partial charge in [-0.3, -0.25) is 4.79 Å². The predicted molar refractivity (Wildman–Crippen MR) is 93.2 cm³/mol. The average Bonchev–Trinajstić information content (AvgIpc) is 3.49. The van der Waals surface area contributed by atoms with E-state index in [1.807, 2.05) is 24.3 Å². The largest absolute Gasteiger partial charge is 0.497 e. The zero-order valence-corrected chi connectivity index (χ0v) is 14.7. The predicted octanol–water partition coefficient (Wildman–Crippen LogP) is 3.40. The first-order valence-electron chi connectivity index (χ1n) is 8.53. The monoisotopic (exact) mass is 375 g/mol. The zero-order valence-electron chi connectivity index (χ0n) is 14.7. The van der Waals surface area contributed by atoms with E-state index in [-0.39, 0.29) is 6.04 Å². The van der Waals surface area contributed by atoms with Gasteiger partial charge in [-0.05, 0) is 48.6 Å². The van der Waals surface area contributed by atoms with Gasteiger partial charge in [0.2, 0.25) is 0 Å². The maximum absolute atomic E-state index is 13.6. The van der Waals surface area contributed by atoms with Gasteiger partial charge >= 0.3 is 5.97 Å². The second-order valence-corrected chi connectivity index (χ2v) is 6.36. The maximum atomic E-state index is 13.6. The molecule has 1 atom stereocenters. The zero-order chi connectivity index (χ0) is 19.4. The summed E-state index contributed by atoms with van der Waals surface area (Å²) < 4.78 is 36.5. The number of rotatable bonds is 7. The van der Waals surface area contributed by atoms with Crippen LogP contribution in [-0.2, 0) is 9.53 Å². The highest BCUT2D eigenvalue weighted by Gasteiger charge is 2.33. The molecular weight excluding hydrogens is 356 g/mol. The number of carbonyl (C=O) groups excluding carboxylic acids is 2. The maximum Gasteiger partial charge on any atom is 0.341 e. The number of halogens is 2. The molecular formula is C20H19F2NO4. The molecule has 1 saturated carbocycles. The molecule has 3 rings (SSSR count). The first-order chi connectivity index (χ1) is 13.0. The Kier molecular flexibility index (Phi) is 5.69. The Labute approximate surface area is 155 Å². The van der Waals surface area contributed by atoms with E-state index in [1.54, 1.807) is 7.11 Å². The fraction of sp³-hybridized carbons (Fsp3) is 0.300. The highest BCUT2D eigenvalue weighted by atomic mass is 19.1. The molecule has 7 heteroatoms. The minimum Gasteiger partial charge on any atom is -0.497 e. The summed E-state index contributed by atoms with van der Waals surface area (Å²) in [5, 5.41) is 2.85. The molecule has 0 heterocycles. The van der Waals surface area contributed by atoms with E-state index in [0.717, 1.165) is 36.3 Å². The van der Waals surface area contributed by atoms with Gasteiger partial charge < -0.3 is 14.8 Å². The molecule has 2 aromatic carbocycles. The molecule has 1 unspecified atom stereocenters. The number of amides is 1. The quantitative estimate of drug-likeness (QED) is 0.754. The van der Waals surface area contributed by atoms with Crippen LogP contribution < -0.4 is 10.1 Å². The summed E-state index contributed by atoms with van der Waals surface area (Å²) in [6, 6.07) is 9.71. The lowest BCUT2D eigenvalue weighted by Crippen LogP contribution is -2.33. The number of carbonyl (C=O) groups is 2. The molecule has 1 aliphatic carbocycles. The summed E-state index contributed by atoms with van der Waals surface area (Å²) in [6.45, 7) is -0.547. The van der Waals surface area contributed by atoms with Crippen LogP contribution in [0.1, 0.15) is 34.8 Å². The molecule has 1 N–H and O–H groups in total. The third-order valence-electron chi connectivity index (χ3n) is 4.37. The van der Waals surface area contributed by atoms with E-state index in [9.17, 15) is 18.4 Å². The van der Waals surface area contributed by atoms with Gasteiger partial charge in [0.25, 0.3) is 5.91 Å². The number of nitrogens with one attached hydrogen (secondary N) is 1. The van der Waals surface area contributed by atoms with E-state index in [2.05, 4.69) is 5.32 Å². The molecule has 0 aromatic heterocycles. The fourth-order valence-corrected chi connectivity index (χ4v) is 2.79. The Hall–Kier alpha value is -2.96. The van der Waals surface area contributed by atoms with Crippen LogP contribution in [0, 0.1) is 17.6 Å². The van der Waals surface area contributed by atoms with E-state index < -0.39 is 35.7 Å².